The van der Waals surface area contributed by atoms with Crippen LogP contribution in [0.1, 0.15) is 12.5 Å². The number of nitrogens with zero attached hydrogens (tertiary/aromatic N) is 1. The molecule has 0 heterocycles. The fraction of sp³-hybridized carbons (Fsp3) is 0.538. The smallest absolute Gasteiger partial charge is 0.0637 e. The summed E-state index contributed by atoms with van der Waals surface area (Å²) in [5.74, 6) is 0. The molecule has 90 valence electrons. The zero-order valence-corrected chi connectivity index (χ0v) is 10.4. The van der Waals surface area contributed by atoms with Crippen molar-refractivity contribution >= 4 is 5.69 Å². The molecule has 1 aromatic rings. The van der Waals surface area contributed by atoms with Crippen LogP contribution in [0.15, 0.2) is 24.3 Å². The quantitative estimate of drug-likeness (QED) is 0.795. The van der Waals surface area contributed by atoms with E-state index in [1.807, 2.05) is 6.92 Å². The first-order valence-electron chi connectivity index (χ1n) is 5.68. The largest absolute Gasteiger partial charge is 0.383 e. The van der Waals surface area contributed by atoms with E-state index in [9.17, 15) is 0 Å². The van der Waals surface area contributed by atoms with Gasteiger partial charge in [0.25, 0.3) is 0 Å². The van der Waals surface area contributed by atoms with Crippen LogP contribution in [0.3, 0.4) is 0 Å². The Bertz CT molecular complexity index is 295. The van der Waals surface area contributed by atoms with Crippen LogP contribution in [0.2, 0.25) is 0 Å². The van der Waals surface area contributed by atoms with Gasteiger partial charge in [-0.05, 0) is 31.0 Å². The van der Waals surface area contributed by atoms with Crippen molar-refractivity contribution in [3.8, 4) is 0 Å². The molecule has 0 aliphatic rings. The third kappa shape index (κ3) is 4.21. The zero-order valence-electron chi connectivity index (χ0n) is 10.4. The molecule has 1 unspecified atom stereocenters. The van der Waals surface area contributed by atoms with Gasteiger partial charge in [0.15, 0.2) is 0 Å². The lowest BCUT2D eigenvalue weighted by atomic mass is 10.1. The van der Waals surface area contributed by atoms with E-state index in [2.05, 4.69) is 36.2 Å². The summed E-state index contributed by atoms with van der Waals surface area (Å²) >= 11 is 0. The number of rotatable bonds is 6. The van der Waals surface area contributed by atoms with E-state index in [1.165, 1.54) is 11.3 Å². The average molecular weight is 222 g/mol. The van der Waals surface area contributed by atoms with Crippen LogP contribution in [0.25, 0.3) is 0 Å². The van der Waals surface area contributed by atoms with Crippen LogP contribution in [-0.4, -0.2) is 33.4 Å². The van der Waals surface area contributed by atoms with Gasteiger partial charge in [0.1, 0.15) is 0 Å². The summed E-state index contributed by atoms with van der Waals surface area (Å²) in [5.41, 5.74) is 8.27. The molecule has 3 nitrogen and oxygen atoms in total. The molecule has 1 aromatic carbocycles. The molecule has 0 saturated heterocycles. The minimum Gasteiger partial charge on any atom is -0.383 e. The first-order valence-corrected chi connectivity index (χ1v) is 5.68. The zero-order chi connectivity index (χ0) is 12.0. The Balaban J connectivity index is 2.56. The van der Waals surface area contributed by atoms with Gasteiger partial charge in [-0.25, -0.2) is 0 Å². The molecule has 0 spiro atoms. The van der Waals surface area contributed by atoms with Crippen LogP contribution in [0.5, 0.6) is 0 Å². The lowest BCUT2D eigenvalue weighted by molar-refractivity contribution is 0.206. The molecule has 0 fully saturated rings. The van der Waals surface area contributed by atoms with E-state index in [0.29, 0.717) is 0 Å². The van der Waals surface area contributed by atoms with Crippen molar-refractivity contribution in [3.05, 3.63) is 29.8 Å². The lowest BCUT2D eigenvalue weighted by Gasteiger charge is -2.19. The van der Waals surface area contributed by atoms with Crippen molar-refractivity contribution < 1.29 is 4.74 Å². The fourth-order valence-electron chi connectivity index (χ4n) is 1.62. The highest BCUT2D eigenvalue weighted by atomic mass is 16.5. The van der Waals surface area contributed by atoms with E-state index < -0.39 is 0 Å². The minimum atomic E-state index is 0.220. The maximum Gasteiger partial charge on any atom is 0.0637 e. The first kappa shape index (κ1) is 13.0. The van der Waals surface area contributed by atoms with E-state index in [-0.39, 0.29) is 6.04 Å². The minimum absolute atomic E-state index is 0.220. The van der Waals surface area contributed by atoms with Crippen molar-refractivity contribution in [3.63, 3.8) is 0 Å². The number of methoxy groups -OCH3 is 1. The normalized spacial score (nSPS) is 12.5. The van der Waals surface area contributed by atoms with Crippen LogP contribution in [0, 0.1) is 0 Å². The third-order valence-electron chi connectivity index (χ3n) is 2.57. The topological polar surface area (TPSA) is 38.5 Å². The van der Waals surface area contributed by atoms with E-state index in [0.717, 1.165) is 19.6 Å². The van der Waals surface area contributed by atoms with E-state index in [1.54, 1.807) is 7.11 Å². The van der Waals surface area contributed by atoms with Gasteiger partial charge in [-0.3, -0.25) is 0 Å². The van der Waals surface area contributed by atoms with Crippen molar-refractivity contribution in [2.24, 2.45) is 5.73 Å². The SMILES string of the molecule is COCCN(C)c1ccc(CC(C)N)cc1. The Morgan fingerprint density at radius 1 is 1.31 bits per heavy atom. The monoisotopic (exact) mass is 222 g/mol. The van der Waals surface area contributed by atoms with Crippen molar-refractivity contribution in [2.75, 3.05) is 32.2 Å². The fourth-order valence-corrected chi connectivity index (χ4v) is 1.62. The Hall–Kier alpha value is -1.06. The molecule has 2 N–H and O–H groups in total. The molecular formula is C13H22N2O. The average Bonchev–Trinajstić information content (AvgIpc) is 2.26. The van der Waals surface area contributed by atoms with Gasteiger partial charge in [-0.15, -0.1) is 0 Å². The van der Waals surface area contributed by atoms with Gasteiger partial charge in [-0.1, -0.05) is 12.1 Å². The summed E-state index contributed by atoms with van der Waals surface area (Å²) in [7, 11) is 3.79. The first-order chi connectivity index (χ1) is 7.63. The molecule has 16 heavy (non-hydrogen) atoms. The predicted octanol–water partition coefficient (Wildman–Crippen LogP) is 1.66. The van der Waals surface area contributed by atoms with Crippen LogP contribution >= 0.6 is 0 Å². The highest BCUT2D eigenvalue weighted by molar-refractivity contribution is 5.46. The Labute approximate surface area is 98.2 Å². The molecular weight excluding hydrogens is 200 g/mol. The van der Waals surface area contributed by atoms with Gasteiger partial charge in [-0.2, -0.15) is 0 Å². The van der Waals surface area contributed by atoms with Crippen molar-refractivity contribution in [1.29, 1.82) is 0 Å². The molecule has 0 aliphatic heterocycles. The Morgan fingerprint density at radius 3 is 2.44 bits per heavy atom. The number of likely N-dealkylation sites (N-methyl/N-ethyl adjacent to an activating group) is 1. The molecule has 1 atom stereocenters. The molecule has 0 aromatic heterocycles. The number of ether oxygens (including phenoxy) is 1. The second-order valence-corrected chi connectivity index (χ2v) is 4.26. The van der Waals surface area contributed by atoms with Crippen LogP contribution in [-0.2, 0) is 11.2 Å². The number of hydrogen-bond acceptors (Lipinski definition) is 3. The van der Waals surface area contributed by atoms with Gasteiger partial charge >= 0.3 is 0 Å². The standard InChI is InChI=1S/C13H22N2O/c1-11(14)10-12-4-6-13(7-5-12)15(2)8-9-16-3/h4-7,11H,8-10,14H2,1-3H3. The third-order valence-corrected chi connectivity index (χ3v) is 2.57. The summed E-state index contributed by atoms with van der Waals surface area (Å²) in [4.78, 5) is 2.18. The van der Waals surface area contributed by atoms with Crippen LogP contribution in [0.4, 0.5) is 5.69 Å². The van der Waals surface area contributed by atoms with E-state index in [4.69, 9.17) is 10.5 Å². The predicted molar refractivity (Wildman–Crippen MR) is 68.9 cm³/mol. The summed E-state index contributed by atoms with van der Waals surface area (Å²) in [5, 5.41) is 0. The molecule has 0 radical (unpaired) electrons. The molecule has 1 rings (SSSR count). The molecule has 3 heteroatoms. The van der Waals surface area contributed by atoms with E-state index >= 15 is 0 Å². The Morgan fingerprint density at radius 2 is 1.94 bits per heavy atom. The van der Waals surface area contributed by atoms with Gasteiger partial charge in [0, 0.05) is 32.4 Å². The number of benzene rings is 1. The summed E-state index contributed by atoms with van der Waals surface area (Å²) in [6.07, 6.45) is 0.933. The maximum atomic E-state index is 5.76. The van der Waals surface area contributed by atoms with Crippen molar-refractivity contribution in [2.45, 2.75) is 19.4 Å². The highest BCUT2D eigenvalue weighted by Crippen LogP contribution is 2.14. The lowest BCUT2D eigenvalue weighted by Crippen LogP contribution is -2.22. The second-order valence-electron chi connectivity index (χ2n) is 4.26. The number of nitrogens with two attached hydrogens (primary N) is 1. The van der Waals surface area contributed by atoms with Gasteiger partial charge in [0.05, 0.1) is 6.61 Å². The van der Waals surface area contributed by atoms with Gasteiger partial charge in [0.2, 0.25) is 0 Å². The second kappa shape index (κ2) is 6.51. The number of anilines is 1. The molecule has 0 amide bonds. The summed E-state index contributed by atoms with van der Waals surface area (Å²) < 4.78 is 5.05. The summed E-state index contributed by atoms with van der Waals surface area (Å²) in [6, 6.07) is 8.77. The highest BCUT2D eigenvalue weighted by Gasteiger charge is 2.01. The molecule has 0 bridgehead atoms. The van der Waals surface area contributed by atoms with Crippen LogP contribution < -0.4 is 10.6 Å². The molecule has 0 saturated carbocycles. The molecule has 0 aliphatic carbocycles. The van der Waals surface area contributed by atoms with Crippen molar-refractivity contribution in [1.82, 2.24) is 0 Å². The summed E-state index contributed by atoms with van der Waals surface area (Å²) in [6.45, 7) is 3.68. The van der Waals surface area contributed by atoms with Gasteiger partial charge < -0.3 is 15.4 Å². The Kier molecular flexibility index (Phi) is 5.29. The maximum absolute atomic E-state index is 5.76. The number of hydrogen-bond donors (Lipinski definition) is 1.